The summed E-state index contributed by atoms with van der Waals surface area (Å²) in [6.45, 7) is 1.85. The van der Waals surface area contributed by atoms with Gasteiger partial charge in [-0.3, -0.25) is 4.79 Å². The summed E-state index contributed by atoms with van der Waals surface area (Å²) in [5.74, 6) is -0.573. The predicted molar refractivity (Wildman–Crippen MR) is 60.2 cm³/mol. The van der Waals surface area contributed by atoms with Crippen molar-refractivity contribution in [3.8, 4) is 0 Å². The Morgan fingerprint density at radius 1 is 1.53 bits per heavy atom. The molecule has 0 aliphatic rings. The van der Waals surface area contributed by atoms with E-state index >= 15 is 0 Å². The van der Waals surface area contributed by atoms with Gasteiger partial charge in [0, 0.05) is 6.54 Å². The monoisotopic (exact) mass is 256 g/mol. The normalized spacial score (nSPS) is 13.7. The smallest absolute Gasteiger partial charge is 0.321 e. The average Bonchev–Trinajstić information content (AvgIpc) is 2.11. The zero-order valence-electron chi connectivity index (χ0n) is 8.69. The third-order valence-electron chi connectivity index (χ3n) is 1.54. The summed E-state index contributed by atoms with van der Waals surface area (Å²) in [5, 5.41) is 8.77. The van der Waals surface area contributed by atoms with Crippen molar-refractivity contribution in [2.45, 2.75) is 19.4 Å². The van der Waals surface area contributed by atoms with Crippen LogP contribution >= 0.6 is 11.8 Å². The first kappa shape index (κ1) is 14.7. The number of aliphatic carboxylic acids is 1. The largest absolute Gasteiger partial charge is 0.480 e. The summed E-state index contributed by atoms with van der Waals surface area (Å²) in [7, 11) is -3.70. The van der Waals surface area contributed by atoms with Gasteiger partial charge in [-0.1, -0.05) is 6.92 Å². The number of carboxylic acids is 1. The first-order valence-electron chi connectivity index (χ1n) is 4.41. The van der Waals surface area contributed by atoms with E-state index in [0.29, 0.717) is 5.75 Å². The molecule has 15 heavy (non-hydrogen) atoms. The SMILES string of the molecule is CCNS(=O)(=O)N[C@H](CCSC)C(=O)O. The molecular weight excluding hydrogens is 240 g/mol. The molecule has 0 bridgehead atoms. The van der Waals surface area contributed by atoms with Gasteiger partial charge in [0.25, 0.3) is 10.2 Å². The van der Waals surface area contributed by atoms with E-state index in [2.05, 4.69) is 9.44 Å². The molecule has 90 valence electrons. The number of hydrogen-bond acceptors (Lipinski definition) is 4. The molecule has 6 nitrogen and oxygen atoms in total. The number of thioether (sulfide) groups is 1. The second-order valence-electron chi connectivity index (χ2n) is 2.79. The van der Waals surface area contributed by atoms with Crippen LogP contribution in [0.25, 0.3) is 0 Å². The summed E-state index contributed by atoms with van der Waals surface area (Å²) in [6, 6.07) is -1.07. The third kappa shape index (κ3) is 6.72. The van der Waals surface area contributed by atoms with E-state index in [0.717, 1.165) is 0 Å². The fraction of sp³-hybridized carbons (Fsp3) is 0.857. The minimum atomic E-state index is -3.70. The molecule has 0 aromatic heterocycles. The molecule has 0 heterocycles. The number of hydrogen-bond donors (Lipinski definition) is 3. The van der Waals surface area contributed by atoms with Gasteiger partial charge in [0.05, 0.1) is 0 Å². The fourth-order valence-electron chi connectivity index (χ4n) is 0.887. The summed E-state index contributed by atoms with van der Waals surface area (Å²) < 4.78 is 26.7. The molecule has 0 aliphatic carbocycles. The van der Waals surface area contributed by atoms with Crippen LogP contribution in [0.5, 0.6) is 0 Å². The minimum Gasteiger partial charge on any atom is -0.480 e. The molecule has 0 fully saturated rings. The highest BCUT2D eigenvalue weighted by Crippen LogP contribution is 2.01. The minimum absolute atomic E-state index is 0.226. The second kappa shape index (κ2) is 7.04. The van der Waals surface area contributed by atoms with E-state index < -0.39 is 22.2 Å². The van der Waals surface area contributed by atoms with E-state index in [-0.39, 0.29) is 13.0 Å². The standard InChI is InChI=1S/C7H16N2O4S2/c1-3-8-15(12,13)9-6(7(10)11)4-5-14-2/h6,8-9H,3-5H2,1-2H3,(H,10,11)/t6-/m1/s1. The van der Waals surface area contributed by atoms with Crippen LogP contribution < -0.4 is 9.44 Å². The molecule has 0 unspecified atom stereocenters. The first-order chi connectivity index (χ1) is 6.93. The van der Waals surface area contributed by atoms with Crippen molar-refractivity contribution < 1.29 is 18.3 Å². The lowest BCUT2D eigenvalue weighted by molar-refractivity contribution is -0.139. The maximum Gasteiger partial charge on any atom is 0.321 e. The fourth-order valence-corrected chi connectivity index (χ4v) is 2.42. The number of nitrogens with one attached hydrogen (secondary N) is 2. The Hall–Kier alpha value is -0.310. The van der Waals surface area contributed by atoms with Crippen LogP contribution in [0, 0.1) is 0 Å². The van der Waals surface area contributed by atoms with Gasteiger partial charge >= 0.3 is 5.97 Å². The van der Waals surface area contributed by atoms with Crippen molar-refractivity contribution in [2.75, 3.05) is 18.6 Å². The van der Waals surface area contributed by atoms with Gasteiger partial charge in [-0.2, -0.15) is 24.9 Å². The van der Waals surface area contributed by atoms with E-state index in [1.807, 2.05) is 6.26 Å². The van der Waals surface area contributed by atoms with E-state index in [4.69, 9.17) is 5.11 Å². The highest BCUT2D eigenvalue weighted by molar-refractivity contribution is 7.98. The van der Waals surface area contributed by atoms with Crippen LogP contribution in [0.1, 0.15) is 13.3 Å². The van der Waals surface area contributed by atoms with Crippen LogP contribution in [0.3, 0.4) is 0 Å². The van der Waals surface area contributed by atoms with Crippen LogP contribution in [0.15, 0.2) is 0 Å². The van der Waals surface area contributed by atoms with Gasteiger partial charge in [-0.25, -0.2) is 4.72 Å². The Labute approximate surface area is 94.0 Å². The first-order valence-corrected chi connectivity index (χ1v) is 7.29. The molecular formula is C7H16N2O4S2. The lowest BCUT2D eigenvalue weighted by Gasteiger charge is -2.13. The Kier molecular flexibility index (Phi) is 6.90. The number of carbonyl (C=O) groups is 1. The van der Waals surface area contributed by atoms with Crippen molar-refractivity contribution in [1.29, 1.82) is 0 Å². The summed E-state index contributed by atoms with van der Waals surface area (Å²) in [5.41, 5.74) is 0. The van der Waals surface area contributed by atoms with Crippen molar-refractivity contribution in [3.63, 3.8) is 0 Å². The molecule has 0 spiro atoms. The van der Waals surface area contributed by atoms with Gasteiger partial charge < -0.3 is 5.11 Å². The Morgan fingerprint density at radius 2 is 2.13 bits per heavy atom. The van der Waals surface area contributed by atoms with Gasteiger partial charge in [0.1, 0.15) is 6.04 Å². The Bertz CT molecular complexity index is 291. The lowest BCUT2D eigenvalue weighted by Crippen LogP contribution is -2.46. The van der Waals surface area contributed by atoms with Crippen molar-refractivity contribution >= 4 is 27.9 Å². The molecule has 1 atom stereocenters. The molecule has 0 aromatic carbocycles. The third-order valence-corrected chi connectivity index (χ3v) is 3.45. The molecule has 0 saturated heterocycles. The van der Waals surface area contributed by atoms with Gasteiger partial charge in [-0.05, 0) is 18.4 Å². The number of carboxylic acid groups (broad SMARTS) is 1. The summed E-state index contributed by atoms with van der Waals surface area (Å²) >= 11 is 1.47. The molecule has 0 amide bonds. The number of rotatable bonds is 8. The van der Waals surface area contributed by atoms with Crippen LogP contribution in [-0.2, 0) is 15.0 Å². The van der Waals surface area contributed by atoms with Crippen LogP contribution in [0.2, 0.25) is 0 Å². The Morgan fingerprint density at radius 3 is 2.53 bits per heavy atom. The van der Waals surface area contributed by atoms with Crippen molar-refractivity contribution in [1.82, 2.24) is 9.44 Å². The van der Waals surface area contributed by atoms with Gasteiger partial charge in [-0.15, -0.1) is 0 Å². The summed E-state index contributed by atoms with van der Waals surface area (Å²) in [4.78, 5) is 10.7. The highest BCUT2D eigenvalue weighted by atomic mass is 32.2. The van der Waals surface area contributed by atoms with Gasteiger partial charge in [0.2, 0.25) is 0 Å². The van der Waals surface area contributed by atoms with E-state index in [1.165, 1.54) is 11.8 Å². The van der Waals surface area contributed by atoms with Crippen molar-refractivity contribution in [3.05, 3.63) is 0 Å². The molecule has 3 N–H and O–H groups in total. The topological polar surface area (TPSA) is 95.5 Å². The molecule has 8 heteroatoms. The van der Waals surface area contributed by atoms with Crippen molar-refractivity contribution in [2.24, 2.45) is 0 Å². The average molecular weight is 256 g/mol. The zero-order valence-corrected chi connectivity index (χ0v) is 10.3. The summed E-state index contributed by atoms with van der Waals surface area (Å²) in [6.07, 6.45) is 2.10. The molecule has 0 saturated carbocycles. The Balaban J connectivity index is 4.34. The molecule has 0 rings (SSSR count). The van der Waals surface area contributed by atoms with Crippen LogP contribution in [-0.4, -0.2) is 44.1 Å². The predicted octanol–water partition coefficient (Wildman–Crippen LogP) is -0.363. The molecule has 0 aromatic rings. The molecule has 0 radical (unpaired) electrons. The van der Waals surface area contributed by atoms with Crippen LogP contribution in [0.4, 0.5) is 0 Å². The zero-order chi connectivity index (χ0) is 11.9. The highest BCUT2D eigenvalue weighted by Gasteiger charge is 2.22. The molecule has 0 aliphatic heterocycles. The quantitative estimate of drug-likeness (QED) is 0.551. The maximum absolute atomic E-state index is 11.2. The lowest BCUT2D eigenvalue weighted by atomic mass is 10.2. The maximum atomic E-state index is 11.2. The van der Waals surface area contributed by atoms with E-state index in [1.54, 1.807) is 6.92 Å². The van der Waals surface area contributed by atoms with Gasteiger partial charge in [0.15, 0.2) is 0 Å². The van der Waals surface area contributed by atoms with E-state index in [9.17, 15) is 13.2 Å². The second-order valence-corrected chi connectivity index (χ2v) is 5.31.